The molecule has 0 unspecified atom stereocenters. The molecule has 6 heteroatoms. The van der Waals surface area contributed by atoms with Crippen molar-refractivity contribution in [1.82, 2.24) is 15.0 Å². The maximum Gasteiger partial charge on any atom is 0.229 e. The molecule has 1 aliphatic rings. The van der Waals surface area contributed by atoms with Gasteiger partial charge in [0.2, 0.25) is 5.95 Å². The number of rotatable bonds is 4. The largest absolute Gasteiger partial charge is 0.353 e. The molecule has 0 bridgehead atoms. The zero-order valence-electron chi connectivity index (χ0n) is 14.8. The second-order valence-corrected chi connectivity index (χ2v) is 6.39. The number of hydrogen-bond donors (Lipinski definition) is 1. The van der Waals surface area contributed by atoms with Crippen LogP contribution in [0.15, 0.2) is 60.9 Å². The number of aryl methyl sites for hydroxylation is 1. The fraction of sp³-hybridized carbons (Fsp3) is 0.250. The minimum Gasteiger partial charge on any atom is -0.353 e. The molecule has 132 valence electrons. The second-order valence-electron chi connectivity index (χ2n) is 6.39. The standard InChI is InChI=1S/C20H22N6/c1-16-5-4-6-17(15-16)23-20-22-10-8-19(24-20)26-13-11-25(12-14-26)18-7-2-3-9-21-18/h2-10,15H,11-14H2,1H3,(H,22,23,24). The van der Waals surface area contributed by atoms with Crippen LogP contribution in [0.2, 0.25) is 0 Å². The molecule has 6 nitrogen and oxygen atoms in total. The van der Waals surface area contributed by atoms with Crippen LogP contribution in [0.1, 0.15) is 5.56 Å². The summed E-state index contributed by atoms with van der Waals surface area (Å²) in [4.78, 5) is 18.1. The second kappa shape index (κ2) is 7.39. The Morgan fingerprint density at radius 3 is 2.35 bits per heavy atom. The smallest absolute Gasteiger partial charge is 0.229 e. The first-order valence-electron chi connectivity index (χ1n) is 8.86. The van der Waals surface area contributed by atoms with E-state index in [1.54, 1.807) is 0 Å². The highest BCUT2D eigenvalue weighted by molar-refractivity contribution is 5.56. The summed E-state index contributed by atoms with van der Waals surface area (Å²) in [5.74, 6) is 2.62. The van der Waals surface area contributed by atoms with E-state index in [4.69, 9.17) is 0 Å². The van der Waals surface area contributed by atoms with E-state index >= 15 is 0 Å². The highest BCUT2D eigenvalue weighted by Gasteiger charge is 2.19. The SMILES string of the molecule is Cc1cccc(Nc2nccc(N3CCN(c4ccccn4)CC3)n2)c1. The summed E-state index contributed by atoms with van der Waals surface area (Å²) in [6, 6.07) is 16.2. The maximum atomic E-state index is 4.69. The van der Waals surface area contributed by atoms with E-state index in [9.17, 15) is 0 Å². The molecule has 0 amide bonds. The minimum atomic E-state index is 0.625. The van der Waals surface area contributed by atoms with Crippen molar-refractivity contribution in [1.29, 1.82) is 0 Å². The molecular formula is C20H22N6. The molecule has 2 aromatic heterocycles. The van der Waals surface area contributed by atoms with Gasteiger partial charge in [0.25, 0.3) is 0 Å². The lowest BCUT2D eigenvalue weighted by molar-refractivity contribution is 0.641. The number of benzene rings is 1. The molecule has 0 radical (unpaired) electrons. The highest BCUT2D eigenvalue weighted by atomic mass is 15.3. The van der Waals surface area contributed by atoms with Gasteiger partial charge in [0.1, 0.15) is 11.6 Å². The summed E-state index contributed by atoms with van der Waals surface area (Å²) >= 11 is 0. The lowest BCUT2D eigenvalue weighted by Gasteiger charge is -2.36. The third-order valence-corrected chi connectivity index (χ3v) is 4.49. The van der Waals surface area contributed by atoms with Crippen molar-refractivity contribution in [2.24, 2.45) is 0 Å². The molecule has 3 aromatic rings. The molecule has 0 aliphatic carbocycles. The molecule has 0 atom stereocenters. The Balaban J connectivity index is 1.43. The van der Waals surface area contributed by atoms with Crippen LogP contribution in [0, 0.1) is 6.92 Å². The zero-order valence-corrected chi connectivity index (χ0v) is 14.8. The van der Waals surface area contributed by atoms with Crippen LogP contribution < -0.4 is 15.1 Å². The first-order chi connectivity index (χ1) is 12.8. The Kier molecular flexibility index (Phi) is 4.64. The molecular weight excluding hydrogens is 324 g/mol. The first kappa shape index (κ1) is 16.3. The van der Waals surface area contributed by atoms with E-state index in [1.165, 1.54) is 5.56 Å². The van der Waals surface area contributed by atoms with Crippen molar-refractivity contribution >= 4 is 23.3 Å². The Hall–Kier alpha value is -3.15. The fourth-order valence-corrected chi connectivity index (χ4v) is 3.14. The van der Waals surface area contributed by atoms with Crippen molar-refractivity contribution in [3.8, 4) is 0 Å². The molecule has 1 saturated heterocycles. The zero-order chi connectivity index (χ0) is 17.8. The minimum absolute atomic E-state index is 0.625. The van der Waals surface area contributed by atoms with Gasteiger partial charge < -0.3 is 15.1 Å². The molecule has 26 heavy (non-hydrogen) atoms. The van der Waals surface area contributed by atoms with E-state index in [1.807, 2.05) is 42.7 Å². The van der Waals surface area contributed by atoms with Crippen LogP contribution in [0.25, 0.3) is 0 Å². The van der Waals surface area contributed by atoms with Gasteiger partial charge in [-0.3, -0.25) is 0 Å². The van der Waals surface area contributed by atoms with Gasteiger partial charge in [-0.15, -0.1) is 0 Å². The average molecular weight is 346 g/mol. The van der Waals surface area contributed by atoms with Gasteiger partial charge >= 0.3 is 0 Å². The topological polar surface area (TPSA) is 57.2 Å². The van der Waals surface area contributed by atoms with Gasteiger partial charge in [0, 0.05) is 44.3 Å². The van der Waals surface area contributed by atoms with Gasteiger partial charge in [-0.1, -0.05) is 18.2 Å². The predicted molar refractivity (Wildman–Crippen MR) is 105 cm³/mol. The van der Waals surface area contributed by atoms with E-state index in [0.717, 1.165) is 43.5 Å². The number of anilines is 4. The fourth-order valence-electron chi connectivity index (χ4n) is 3.14. The number of hydrogen-bond acceptors (Lipinski definition) is 6. The van der Waals surface area contributed by atoms with Crippen molar-refractivity contribution in [3.63, 3.8) is 0 Å². The predicted octanol–water partition coefficient (Wildman–Crippen LogP) is 3.25. The van der Waals surface area contributed by atoms with E-state index in [2.05, 4.69) is 55.2 Å². The number of aromatic nitrogens is 3. The lowest BCUT2D eigenvalue weighted by Crippen LogP contribution is -2.47. The van der Waals surface area contributed by atoms with Crippen LogP contribution in [0.3, 0.4) is 0 Å². The summed E-state index contributed by atoms with van der Waals surface area (Å²) in [5, 5.41) is 3.29. The van der Waals surface area contributed by atoms with Gasteiger partial charge in [-0.2, -0.15) is 4.98 Å². The molecule has 1 aliphatic heterocycles. The van der Waals surface area contributed by atoms with Crippen LogP contribution in [0.4, 0.5) is 23.3 Å². The number of nitrogens with one attached hydrogen (secondary N) is 1. The third kappa shape index (κ3) is 3.74. The van der Waals surface area contributed by atoms with Gasteiger partial charge in [-0.05, 0) is 42.8 Å². The summed E-state index contributed by atoms with van der Waals surface area (Å²) < 4.78 is 0. The van der Waals surface area contributed by atoms with Crippen molar-refractivity contribution in [2.45, 2.75) is 6.92 Å². The maximum absolute atomic E-state index is 4.69. The molecule has 3 heterocycles. The monoisotopic (exact) mass is 346 g/mol. The molecule has 0 spiro atoms. The summed E-state index contributed by atoms with van der Waals surface area (Å²) in [5.41, 5.74) is 2.21. The van der Waals surface area contributed by atoms with Gasteiger partial charge in [0.15, 0.2) is 0 Å². The molecule has 1 aromatic carbocycles. The molecule has 0 saturated carbocycles. The normalized spacial score (nSPS) is 14.3. The van der Waals surface area contributed by atoms with Crippen molar-refractivity contribution in [2.75, 3.05) is 41.3 Å². The highest BCUT2D eigenvalue weighted by Crippen LogP contribution is 2.20. The number of nitrogens with zero attached hydrogens (tertiary/aromatic N) is 5. The van der Waals surface area contributed by atoms with E-state index in [0.29, 0.717) is 5.95 Å². The Bertz CT molecular complexity index is 859. The Morgan fingerprint density at radius 1 is 0.808 bits per heavy atom. The Morgan fingerprint density at radius 2 is 1.62 bits per heavy atom. The van der Waals surface area contributed by atoms with Gasteiger partial charge in [0.05, 0.1) is 0 Å². The third-order valence-electron chi connectivity index (χ3n) is 4.49. The summed E-state index contributed by atoms with van der Waals surface area (Å²) in [6.45, 7) is 5.77. The summed E-state index contributed by atoms with van der Waals surface area (Å²) in [6.07, 6.45) is 3.65. The Labute approximate surface area is 153 Å². The van der Waals surface area contributed by atoms with Crippen LogP contribution in [0.5, 0.6) is 0 Å². The van der Waals surface area contributed by atoms with Crippen LogP contribution >= 0.6 is 0 Å². The lowest BCUT2D eigenvalue weighted by atomic mass is 10.2. The van der Waals surface area contributed by atoms with Crippen LogP contribution in [-0.2, 0) is 0 Å². The van der Waals surface area contributed by atoms with Crippen molar-refractivity contribution in [3.05, 3.63) is 66.5 Å². The van der Waals surface area contributed by atoms with E-state index in [-0.39, 0.29) is 0 Å². The van der Waals surface area contributed by atoms with Crippen molar-refractivity contribution < 1.29 is 0 Å². The quantitative estimate of drug-likeness (QED) is 0.783. The van der Waals surface area contributed by atoms with Gasteiger partial charge in [-0.25, -0.2) is 9.97 Å². The van der Waals surface area contributed by atoms with E-state index < -0.39 is 0 Å². The van der Waals surface area contributed by atoms with Crippen LogP contribution in [-0.4, -0.2) is 41.1 Å². The molecule has 1 N–H and O–H groups in total. The first-order valence-corrected chi connectivity index (χ1v) is 8.86. The molecule has 4 rings (SSSR count). The number of piperazine rings is 1. The average Bonchev–Trinajstić information content (AvgIpc) is 2.69. The number of pyridine rings is 1. The molecule has 1 fully saturated rings. The summed E-state index contributed by atoms with van der Waals surface area (Å²) in [7, 11) is 0.